The molecule has 0 unspecified atom stereocenters. The molecule has 0 radical (unpaired) electrons. The fourth-order valence-electron chi connectivity index (χ4n) is 2.98. The molecule has 156 valence electrons. The fraction of sp³-hybridized carbons (Fsp3) is 0.208. The smallest absolute Gasteiger partial charge is 0.416 e. The summed E-state index contributed by atoms with van der Waals surface area (Å²) in [6.45, 7) is 2.33. The molecule has 0 amide bonds. The molecule has 0 aromatic heterocycles. The lowest BCUT2D eigenvalue weighted by Crippen LogP contribution is -2.08. The number of rotatable bonds is 7. The lowest BCUT2D eigenvalue weighted by Gasteiger charge is -2.13. The molecular formula is C24H21F3O3. The van der Waals surface area contributed by atoms with E-state index in [0.717, 1.165) is 17.7 Å². The van der Waals surface area contributed by atoms with Crippen molar-refractivity contribution in [2.45, 2.75) is 26.1 Å². The average Bonchev–Trinajstić information content (AvgIpc) is 2.72. The Kier molecular flexibility index (Phi) is 6.77. The van der Waals surface area contributed by atoms with Crippen molar-refractivity contribution >= 4 is 5.97 Å². The molecule has 30 heavy (non-hydrogen) atoms. The van der Waals surface area contributed by atoms with E-state index in [0.29, 0.717) is 29.0 Å². The zero-order chi connectivity index (χ0) is 21.6. The minimum Gasteiger partial charge on any atom is -0.489 e. The van der Waals surface area contributed by atoms with Gasteiger partial charge in [0.1, 0.15) is 12.4 Å². The van der Waals surface area contributed by atoms with Gasteiger partial charge in [-0.25, -0.2) is 0 Å². The van der Waals surface area contributed by atoms with Gasteiger partial charge in [-0.2, -0.15) is 13.2 Å². The fourth-order valence-corrected chi connectivity index (χ4v) is 2.98. The molecule has 0 atom stereocenters. The standard InChI is InChI=1S/C24H21F3O3/c1-2-29-23(28)14-18-12-20(19-8-10-21(11-9-19)24(25,26)27)15-22(13-18)30-16-17-6-4-3-5-7-17/h3-13,15H,2,14,16H2,1H3. The molecule has 3 aromatic rings. The number of halogens is 3. The van der Waals surface area contributed by atoms with Gasteiger partial charge in [-0.1, -0.05) is 48.5 Å². The van der Waals surface area contributed by atoms with Gasteiger partial charge in [0.2, 0.25) is 0 Å². The predicted octanol–water partition coefficient (Wildman–Crippen LogP) is 6.06. The van der Waals surface area contributed by atoms with Gasteiger partial charge in [0.25, 0.3) is 0 Å². The third-order valence-electron chi connectivity index (χ3n) is 4.41. The first kappa shape index (κ1) is 21.4. The Morgan fingerprint density at radius 3 is 2.20 bits per heavy atom. The second-order valence-electron chi connectivity index (χ2n) is 6.70. The van der Waals surface area contributed by atoms with E-state index in [1.807, 2.05) is 30.3 Å². The molecule has 3 rings (SSSR count). The molecule has 0 aliphatic rings. The van der Waals surface area contributed by atoms with Gasteiger partial charge in [0.05, 0.1) is 18.6 Å². The second kappa shape index (κ2) is 9.48. The van der Waals surface area contributed by atoms with E-state index in [-0.39, 0.29) is 19.0 Å². The highest BCUT2D eigenvalue weighted by molar-refractivity contribution is 5.74. The first-order valence-corrected chi connectivity index (χ1v) is 9.49. The summed E-state index contributed by atoms with van der Waals surface area (Å²) in [6.07, 6.45) is -4.35. The quantitative estimate of drug-likeness (QED) is 0.441. The zero-order valence-electron chi connectivity index (χ0n) is 16.4. The number of carbonyl (C=O) groups is 1. The summed E-state index contributed by atoms with van der Waals surface area (Å²) in [4.78, 5) is 11.9. The Morgan fingerprint density at radius 2 is 1.57 bits per heavy atom. The maximum atomic E-state index is 12.9. The molecular weight excluding hydrogens is 393 g/mol. The summed E-state index contributed by atoms with van der Waals surface area (Å²) in [5.41, 5.74) is 2.18. The third-order valence-corrected chi connectivity index (χ3v) is 4.41. The maximum Gasteiger partial charge on any atom is 0.416 e. The second-order valence-corrected chi connectivity index (χ2v) is 6.70. The lowest BCUT2D eigenvalue weighted by molar-refractivity contribution is -0.142. The molecule has 0 fully saturated rings. The van der Waals surface area contributed by atoms with Gasteiger partial charge in [-0.05, 0) is 53.4 Å². The van der Waals surface area contributed by atoms with Crippen molar-refractivity contribution in [1.82, 2.24) is 0 Å². The van der Waals surface area contributed by atoms with Crippen LogP contribution >= 0.6 is 0 Å². The number of ether oxygens (including phenoxy) is 2. The minimum absolute atomic E-state index is 0.0456. The lowest BCUT2D eigenvalue weighted by atomic mass is 10.00. The van der Waals surface area contributed by atoms with Crippen LogP contribution in [0.5, 0.6) is 5.75 Å². The molecule has 3 nitrogen and oxygen atoms in total. The molecule has 0 aliphatic carbocycles. The molecule has 0 saturated carbocycles. The van der Waals surface area contributed by atoms with Crippen molar-refractivity contribution in [3.63, 3.8) is 0 Å². The largest absolute Gasteiger partial charge is 0.489 e. The van der Waals surface area contributed by atoms with E-state index in [1.54, 1.807) is 25.1 Å². The number of esters is 1. The van der Waals surface area contributed by atoms with Crippen LogP contribution in [0.15, 0.2) is 72.8 Å². The zero-order valence-corrected chi connectivity index (χ0v) is 16.4. The van der Waals surface area contributed by atoms with E-state index in [1.165, 1.54) is 12.1 Å². The first-order chi connectivity index (χ1) is 14.3. The van der Waals surface area contributed by atoms with Crippen molar-refractivity contribution in [2.75, 3.05) is 6.61 Å². The topological polar surface area (TPSA) is 35.5 Å². The number of alkyl halides is 3. The van der Waals surface area contributed by atoms with Gasteiger partial charge in [0, 0.05) is 0 Å². The number of carbonyl (C=O) groups excluding carboxylic acids is 1. The minimum atomic E-state index is -4.39. The van der Waals surface area contributed by atoms with E-state index in [9.17, 15) is 18.0 Å². The molecule has 0 N–H and O–H groups in total. The van der Waals surface area contributed by atoms with Crippen LogP contribution in [-0.2, 0) is 28.7 Å². The highest BCUT2D eigenvalue weighted by Gasteiger charge is 2.30. The monoisotopic (exact) mass is 414 g/mol. The Hall–Kier alpha value is -3.28. The Labute approximate surface area is 173 Å². The van der Waals surface area contributed by atoms with Gasteiger partial charge in [0.15, 0.2) is 0 Å². The van der Waals surface area contributed by atoms with Crippen LogP contribution in [0.1, 0.15) is 23.6 Å². The predicted molar refractivity (Wildman–Crippen MR) is 108 cm³/mol. The van der Waals surface area contributed by atoms with Crippen molar-refractivity contribution in [3.8, 4) is 16.9 Å². The van der Waals surface area contributed by atoms with Crippen LogP contribution in [0.3, 0.4) is 0 Å². The molecule has 0 bridgehead atoms. The summed E-state index contributed by atoms with van der Waals surface area (Å²) in [5.74, 6) is 0.145. The number of hydrogen-bond acceptors (Lipinski definition) is 3. The van der Waals surface area contributed by atoms with Crippen molar-refractivity contribution < 1.29 is 27.4 Å². The van der Waals surface area contributed by atoms with Crippen LogP contribution in [-0.4, -0.2) is 12.6 Å². The van der Waals surface area contributed by atoms with Crippen LogP contribution in [0.2, 0.25) is 0 Å². The highest BCUT2D eigenvalue weighted by Crippen LogP contribution is 2.32. The van der Waals surface area contributed by atoms with Crippen LogP contribution in [0, 0.1) is 0 Å². The van der Waals surface area contributed by atoms with Crippen LogP contribution in [0.25, 0.3) is 11.1 Å². The summed E-state index contributed by atoms with van der Waals surface area (Å²) >= 11 is 0. The highest BCUT2D eigenvalue weighted by atomic mass is 19.4. The van der Waals surface area contributed by atoms with Crippen molar-refractivity contribution in [3.05, 3.63) is 89.5 Å². The Morgan fingerprint density at radius 1 is 0.867 bits per heavy atom. The normalized spacial score (nSPS) is 11.2. The van der Waals surface area contributed by atoms with Crippen molar-refractivity contribution in [2.24, 2.45) is 0 Å². The Bertz CT molecular complexity index is 981. The van der Waals surface area contributed by atoms with E-state index in [2.05, 4.69) is 0 Å². The molecule has 3 aromatic carbocycles. The van der Waals surface area contributed by atoms with Crippen LogP contribution < -0.4 is 4.74 Å². The molecule has 0 aliphatic heterocycles. The summed E-state index contributed by atoms with van der Waals surface area (Å²) in [6, 6.07) is 19.7. The number of benzene rings is 3. The van der Waals surface area contributed by atoms with Gasteiger partial charge >= 0.3 is 12.1 Å². The third kappa shape index (κ3) is 5.86. The summed E-state index contributed by atoms with van der Waals surface area (Å²) in [5, 5.41) is 0. The molecule has 6 heteroatoms. The van der Waals surface area contributed by atoms with Crippen LogP contribution in [0.4, 0.5) is 13.2 Å². The molecule has 0 saturated heterocycles. The van der Waals surface area contributed by atoms with E-state index in [4.69, 9.17) is 9.47 Å². The van der Waals surface area contributed by atoms with Gasteiger partial charge in [-0.15, -0.1) is 0 Å². The van der Waals surface area contributed by atoms with E-state index < -0.39 is 11.7 Å². The summed E-state index contributed by atoms with van der Waals surface area (Å²) < 4.78 is 49.5. The molecule has 0 heterocycles. The van der Waals surface area contributed by atoms with Crippen molar-refractivity contribution in [1.29, 1.82) is 0 Å². The van der Waals surface area contributed by atoms with E-state index >= 15 is 0 Å². The van der Waals surface area contributed by atoms with Gasteiger partial charge in [-0.3, -0.25) is 4.79 Å². The number of hydrogen-bond donors (Lipinski definition) is 0. The average molecular weight is 414 g/mol. The Balaban J connectivity index is 1.89. The SMILES string of the molecule is CCOC(=O)Cc1cc(OCc2ccccc2)cc(-c2ccc(C(F)(F)F)cc2)c1. The van der Waals surface area contributed by atoms with Gasteiger partial charge < -0.3 is 9.47 Å². The molecule has 0 spiro atoms. The summed E-state index contributed by atoms with van der Waals surface area (Å²) in [7, 11) is 0. The maximum absolute atomic E-state index is 12.9. The first-order valence-electron chi connectivity index (χ1n) is 9.49.